The van der Waals surface area contributed by atoms with Crippen LogP contribution in [0.15, 0.2) is 23.3 Å². The number of likely N-dealkylation sites (tertiary alicyclic amines) is 1. The van der Waals surface area contributed by atoms with Crippen LogP contribution in [0.3, 0.4) is 0 Å². The van der Waals surface area contributed by atoms with Gasteiger partial charge < -0.3 is 24.6 Å². The van der Waals surface area contributed by atoms with Crippen molar-refractivity contribution in [3.05, 3.63) is 23.9 Å². The number of halogens is 1. The number of esters is 1. The monoisotopic (exact) mass is 531 g/mol. The van der Waals surface area contributed by atoms with E-state index in [0.29, 0.717) is 19.7 Å². The fourth-order valence-electron chi connectivity index (χ4n) is 3.82. The highest BCUT2D eigenvalue weighted by Crippen LogP contribution is 2.21. The van der Waals surface area contributed by atoms with E-state index in [2.05, 4.69) is 33.1 Å². The van der Waals surface area contributed by atoms with Crippen molar-refractivity contribution in [2.45, 2.75) is 33.2 Å². The Bertz CT molecular complexity index is 697. The van der Waals surface area contributed by atoms with E-state index in [1.54, 1.807) is 0 Å². The number of nitrogens with one attached hydrogen (secondary N) is 1. The van der Waals surface area contributed by atoms with Crippen molar-refractivity contribution >= 4 is 41.7 Å². The Morgan fingerprint density at radius 3 is 2.87 bits per heavy atom. The molecule has 0 spiro atoms. The number of pyridine rings is 1. The number of anilines is 1. The molecule has 8 nitrogen and oxygen atoms in total. The van der Waals surface area contributed by atoms with Gasteiger partial charge in [0.05, 0.1) is 32.3 Å². The Kier molecular flexibility index (Phi) is 10.6. The van der Waals surface area contributed by atoms with Crippen LogP contribution in [0.2, 0.25) is 0 Å². The smallest absolute Gasteiger partial charge is 0.310 e. The van der Waals surface area contributed by atoms with E-state index >= 15 is 0 Å². The van der Waals surface area contributed by atoms with Crippen LogP contribution in [-0.2, 0) is 20.8 Å². The Morgan fingerprint density at radius 2 is 2.13 bits per heavy atom. The lowest BCUT2D eigenvalue weighted by Crippen LogP contribution is -2.48. The number of carbonyl (C=O) groups is 1. The molecule has 9 heteroatoms. The number of carbonyl (C=O) groups excluding carboxylic acids is 1. The van der Waals surface area contributed by atoms with Crippen molar-refractivity contribution < 1.29 is 14.3 Å². The van der Waals surface area contributed by atoms with Gasteiger partial charge in [-0.3, -0.25) is 4.79 Å². The first kappa shape index (κ1) is 24.6. The maximum absolute atomic E-state index is 12.2. The van der Waals surface area contributed by atoms with Crippen molar-refractivity contribution in [1.82, 2.24) is 15.2 Å². The van der Waals surface area contributed by atoms with Crippen molar-refractivity contribution in [2.24, 2.45) is 10.9 Å². The van der Waals surface area contributed by atoms with E-state index in [0.717, 1.165) is 69.6 Å². The molecule has 3 heterocycles. The van der Waals surface area contributed by atoms with Gasteiger partial charge in [0.2, 0.25) is 0 Å². The number of rotatable bonds is 6. The molecule has 168 valence electrons. The minimum Gasteiger partial charge on any atom is -0.466 e. The van der Waals surface area contributed by atoms with Gasteiger partial charge >= 0.3 is 5.97 Å². The zero-order valence-electron chi connectivity index (χ0n) is 18.0. The highest BCUT2D eigenvalue weighted by atomic mass is 127. The van der Waals surface area contributed by atoms with Crippen molar-refractivity contribution in [3.63, 3.8) is 0 Å². The molecular weight excluding hydrogens is 497 g/mol. The molecule has 2 aliphatic rings. The third kappa shape index (κ3) is 6.69. The molecule has 0 bridgehead atoms. The molecule has 30 heavy (non-hydrogen) atoms. The minimum absolute atomic E-state index is 0. The Labute approximate surface area is 196 Å². The maximum Gasteiger partial charge on any atom is 0.310 e. The highest BCUT2D eigenvalue weighted by molar-refractivity contribution is 14.0. The third-order valence-corrected chi connectivity index (χ3v) is 5.25. The van der Waals surface area contributed by atoms with Gasteiger partial charge in [-0.1, -0.05) is 6.07 Å². The quantitative estimate of drug-likeness (QED) is 0.261. The maximum atomic E-state index is 12.2. The second kappa shape index (κ2) is 12.9. The Hall–Kier alpha value is -1.62. The van der Waals surface area contributed by atoms with Crippen LogP contribution in [0.4, 0.5) is 5.82 Å². The number of aromatic nitrogens is 1. The SMILES string of the molecule is CCNC(=NCc1cccnc1N1CCOCC1)N1CCCC(C(=O)OCC)C1.I. The summed E-state index contributed by atoms with van der Waals surface area (Å²) in [5, 5.41) is 3.38. The first-order valence-corrected chi connectivity index (χ1v) is 10.7. The van der Waals surface area contributed by atoms with Crippen LogP contribution >= 0.6 is 24.0 Å². The lowest BCUT2D eigenvalue weighted by molar-refractivity contribution is -0.149. The number of nitrogens with zero attached hydrogens (tertiary/aromatic N) is 4. The number of guanidine groups is 1. The molecule has 1 unspecified atom stereocenters. The van der Waals surface area contributed by atoms with Crippen LogP contribution in [0.5, 0.6) is 0 Å². The standard InChI is InChI=1S/C21H33N5O3.HI/c1-3-22-21(26-10-6-8-18(16-26)20(27)29-4-2)24-15-17-7-5-9-23-19(17)25-11-13-28-14-12-25;/h5,7,9,18H,3-4,6,8,10-16H2,1-2H3,(H,22,24);1H. The zero-order valence-corrected chi connectivity index (χ0v) is 20.3. The molecule has 1 atom stereocenters. The van der Waals surface area contributed by atoms with Crippen LogP contribution < -0.4 is 10.2 Å². The normalized spacial score (nSPS) is 19.8. The Balaban J connectivity index is 0.00000320. The van der Waals surface area contributed by atoms with E-state index in [-0.39, 0.29) is 35.9 Å². The largest absolute Gasteiger partial charge is 0.466 e. The van der Waals surface area contributed by atoms with E-state index in [1.807, 2.05) is 19.2 Å². The number of aliphatic imine (C=N–C) groups is 1. The van der Waals surface area contributed by atoms with Gasteiger partial charge in [-0.05, 0) is 32.8 Å². The number of morpholine rings is 1. The summed E-state index contributed by atoms with van der Waals surface area (Å²) in [6.07, 6.45) is 3.66. The van der Waals surface area contributed by atoms with Crippen molar-refractivity contribution in [2.75, 3.05) is 57.4 Å². The summed E-state index contributed by atoms with van der Waals surface area (Å²) in [7, 11) is 0. The number of ether oxygens (including phenoxy) is 2. The highest BCUT2D eigenvalue weighted by Gasteiger charge is 2.28. The van der Waals surface area contributed by atoms with Crippen molar-refractivity contribution in [1.29, 1.82) is 0 Å². The second-order valence-electron chi connectivity index (χ2n) is 7.29. The van der Waals surface area contributed by atoms with Gasteiger partial charge in [-0.25, -0.2) is 9.98 Å². The molecule has 1 N–H and O–H groups in total. The second-order valence-corrected chi connectivity index (χ2v) is 7.29. The van der Waals surface area contributed by atoms with Crippen LogP contribution in [0.25, 0.3) is 0 Å². The van der Waals surface area contributed by atoms with E-state index in [9.17, 15) is 4.79 Å². The summed E-state index contributed by atoms with van der Waals surface area (Å²) in [6, 6.07) is 4.04. The number of piperidine rings is 1. The predicted octanol–water partition coefficient (Wildman–Crippen LogP) is 2.28. The lowest BCUT2D eigenvalue weighted by Gasteiger charge is -2.34. The molecule has 0 aromatic carbocycles. The molecule has 2 aliphatic heterocycles. The average Bonchev–Trinajstić information content (AvgIpc) is 2.78. The van der Waals surface area contributed by atoms with E-state index < -0.39 is 0 Å². The van der Waals surface area contributed by atoms with Gasteiger partial charge in [0.25, 0.3) is 0 Å². The molecule has 2 fully saturated rings. The van der Waals surface area contributed by atoms with Gasteiger partial charge in [-0.15, -0.1) is 24.0 Å². The minimum atomic E-state index is -0.102. The summed E-state index contributed by atoms with van der Waals surface area (Å²) in [4.78, 5) is 26.1. The van der Waals surface area contributed by atoms with Crippen LogP contribution in [0, 0.1) is 5.92 Å². The van der Waals surface area contributed by atoms with Gasteiger partial charge in [-0.2, -0.15) is 0 Å². The van der Waals surface area contributed by atoms with Crippen LogP contribution in [-0.4, -0.2) is 74.4 Å². The van der Waals surface area contributed by atoms with E-state index in [4.69, 9.17) is 14.5 Å². The molecule has 1 aromatic heterocycles. The third-order valence-electron chi connectivity index (χ3n) is 5.25. The Morgan fingerprint density at radius 1 is 1.33 bits per heavy atom. The molecule has 3 rings (SSSR count). The fraction of sp³-hybridized carbons (Fsp3) is 0.667. The van der Waals surface area contributed by atoms with Gasteiger partial charge in [0, 0.05) is 44.5 Å². The zero-order chi connectivity index (χ0) is 20.5. The summed E-state index contributed by atoms with van der Waals surface area (Å²) in [6.45, 7) is 10.4. The van der Waals surface area contributed by atoms with Crippen molar-refractivity contribution in [3.8, 4) is 0 Å². The van der Waals surface area contributed by atoms with Gasteiger partial charge in [0.1, 0.15) is 5.82 Å². The summed E-state index contributed by atoms with van der Waals surface area (Å²) < 4.78 is 10.7. The number of hydrogen-bond acceptors (Lipinski definition) is 6. The summed E-state index contributed by atoms with van der Waals surface area (Å²) in [5.41, 5.74) is 1.10. The summed E-state index contributed by atoms with van der Waals surface area (Å²) >= 11 is 0. The molecule has 0 radical (unpaired) electrons. The molecular formula is C21H34IN5O3. The predicted molar refractivity (Wildman–Crippen MR) is 128 cm³/mol. The molecule has 2 saturated heterocycles. The van der Waals surface area contributed by atoms with Crippen LogP contribution in [0.1, 0.15) is 32.3 Å². The lowest BCUT2D eigenvalue weighted by atomic mass is 9.98. The molecule has 0 saturated carbocycles. The average molecular weight is 531 g/mol. The first-order chi connectivity index (χ1) is 14.2. The fourth-order valence-corrected chi connectivity index (χ4v) is 3.82. The first-order valence-electron chi connectivity index (χ1n) is 10.7. The molecule has 0 aliphatic carbocycles. The topological polar surface area (TPSA) is 79.3 Å². The summed E-state index contributed by atoms with van der Waals surface area (Å²) in [5.74, 6) is 1.64. The van der Waals surface area contributed by atoms with Gasteiger partial charge in [0.15, 0.2) is 5.96 Å². The van der Waals surface area contributed by atoms with E-state index in [1.165, 1.54) is 0 Å². The molecule has 1 aromatic rings. The number of hydrogen-bond donors (Lipinski definition) is 1. The molecule has 0 amide bonds.